The molecule has 1 unspecified atom stereocenters. The molecule has 0 fully saturated rings. The summed E-state index contributed by atoms with van der Waals surface area (Å²) >= 11 is 0. The maximum atomic E-state index is 13.8. The van der Waals surface area contributed by atoms with Gasteiger partial charge in [0.1, 0.15) is 17.6 Å². The number of benzene rings is 3. The Morgan fingerprint density at radius 3 is 2.16 bits per heavy atom. The third-order valence-corrected chi connectivity index (χ3v) is 6.27. The fourth-order valence-electron chi connectivity index (χ4n) is 4.20. The van der Waals surface area contributed by atoms with Gasteiger partial charge in [-0.2, -0.15) is 0 Å². The van der Waals surface area contributed by atoms with Crippen molar-refractivity contribution in [3.05, 3.63) is 101 Å². The molecule has 5 nitrogen and oxygen atoms in total. The molecule has 0 saturated heterocycles. The van der Waals surface area contributed by atoms with E-state index >= 15 is 0 Å². The lowest BCUT2D eigenvalue weighted by Crippen LogP contribution is -2.52. The fraction of sp³-hybridized carbons (Fsp3) is 0.375. The van der Waals surface area contributed by atoms with E-state index in [1.165, 1.54) is 12.1 Å². The zero-order valence-corrected chi connectivity index (χ0v) is 23.0. The van der Waals surface area contributed by atoms with Crippen molar-refractivity contribution in [2.24, 2.45) is 5.92 Å². The molecule has 3 aromatic rings. The number of nitrogens with one attached hydrogen (secondary N) is 1. The van der Waals surface area contributed by atoms with Crippen LogP contribution in [-0.2, 0) is 28.0 Å². The molecule has 0 aliphatic rings. The second-order valence-electron chi connectivity index (χ2n) is 11.0. The van der Waals surface area contributed by atoms with Crippen LogP contribution in [0.25, 0.3) is 0 Å². The van der Waals surface area contributed by atoms with Crippen molar-refractivity contribution in [3.8, 4) is 5.75 Å². The molecule has 3 aromatic carbocycles. The van der Waals surface area contributed by atoms with E-state index in [1.54, 1.807) is 17.0 Å². The topological polar surface area (TPSA) is 58.6 Å². The van der Waals surface area contributed by atoms with Crippen molar-refractivity contribution in [2.45, 2.75) is 59.0 Å². The third-order valence-electron chi connectivity index (χ3n) is 6.27. The van der Waals surface area contributed by atoms with E-state index in [1.807, 2.05) is 68.4 Å². The van der Waals surface area contributed by atoms with Gasteiger partial charge >= 0.3 is 0 Å². The number of hydrogen-bond donors (Lipinski definition) is 1. The molecule has 3 rings (SSSR count). The van der Waals surface area contributed by atoms with Crippen molar-refractivity contribution in [1.29, 1.82) is 0 Å². The Labute approximate surface area is 226 Å². The van der Waals surface area contributed by atoms with Gasteiger partial charge in [0.25, 0.3) is 5.91 Å². The molecule has 0 aliphatic heterocycles. The van der Waals surface area contributed by atoms with Gasteiger partial charge in [-0.05, 0) is 46.2 Å². The SMILES string of the molecule is CC(C)CNC(=O)C(Cc1ccccc1)N(Cc1ccc(F)cc1)C(=O)COc1ccccc1C(C)(C)C. The van der Waals surface area contributed by atoms with Gasteiger partial charge in [0, 0.05) is 19.5 Å². The van der Waals surface area contributed by atoms with Crippen LogP contribution in [-0.4, -0.2) is 35.9 Å². The first kappa shape index (κ1) is 28.9. The normalized spacial score (nSPS) is 12.2. The number of carbonyl (C=O) groups excluding carboxylic acids is 2. The fourth-order valence-corrected chi connectivity index (χ4v) is 4.20. The van der Waals surface area contributed by atoms with Crippen molar-refractivity contribution < 1.29 is 18.7 Å². The third kappa shape index (κ3) is 8.44. The number of nitrogens with zero attached hydrogens (tertiary/aromatic N) is 1. The molecular formula is C32H39FN2O3. The van der Waals surface area contributed by atoms with Crippen LogP contribution in [0.5, 0.6) is 5.75 Å². The quantitative estimate of drug-likeness (QED) is 0.343. The number of para-hydroxylation sites is 1. The molecule has 1 N–H and O–H groups in total. The van der Waals surface area contributed by atoms with Crippen molar-refractivity contribution in [1.82, 2.24) is 10.2 Å². The number of ether oxygens (including phenoxy) is 1. The molecule has 38 heavy (non-hydrogen) atoms. The van der Waals surface area contributed by atoms with Crippen molar-refractivity contribution in [2.75, 3.05) is 13.2 Å². The van der Waals surface area contributed by atoms with Crippen LogP contribution in [0.2, 0.25) is 0 Å². The van der Waals surface area contributed by atoms with Crippen LogP contribution in [0.4, 0.5) is 4.39 Å². The lowest BCUT2D eigenvalue weighted by Gasteiger charge is -2.32. The molecule has 0 aromatic heterocycles. The maximum absolute atomic E-state index is 13.8. The van der Waals surface area contributed by atoms with E-state index < -0.39 is 6.04 Å². The number of hydrogen-bond acceptors (Lipinski definition) is 3. The molecule has 6 heteroatoms. The summed E-state index contributed by atoms with van der Waals surface area (Å²) < 4.78 is 19.7. The first-order chi connectivity index (χ1) is 18.0. The minimum Gasteiger partial charge on any atom is -0.483 e. The van der Waals surface area contributed by atoms with E-state index in [9.17, 15) is 14.0 Å². The van der Waals surface area contributed by atoms with Gasteiger partial charge < -0.3 is 15.0 Å². The molecule has 0 radical (unpaired) electrons. The predicted octanol–water partition coefficient (Wildman–Crippen LogP) is 5.91. The highest BCUT2D eigenvalue weighted by molar-refractivity contribution is 5.88. The van der Waals surface area contributed by atoms with Crippen LogP contribution in [0.3, 0.4) is 0 Å². The average molecular weight is 519 g/mol. The lowest BCUT2D eigenvalue weighted by molar-refractivity contribution is -0.142. The first-order valence-corrected chi connectivity index (χ1v) is 13.1. The van der Waals surface area contributed by atoms with E-state index in [0.717, 1.165) is 16.7 Å². The molecule has 202 valence electrons. The molecule has 2 amide bonds. The van der Waals surface area contributed by atoms with Crippen LogP contribution in [0, 0.1) is 11.7 Å². The van der Waals surface area contributed by atoms with Crippen molar-refractivity contribution >= 4 is 11.8 Å². The van der Waals surface area contributed by atoms with Gasteiger partial charge in [-0.1, -0.05) is 95.3 Å². The van der Waals surface area contributed by atoms with Gasteiger partial charge in [0.05, 0.1) is 0 Å². The highest BCUT2D eigenvalue weighted by Crippen LogP contribution is 2.31. The standard InChI is InChI=1S/C32H39FN2O3/c1-23(2)20-34-31(37)28(19-24-11-7-6-8-12-24)35(21-25-15-17-26(33)18-16-25)30(36)22-38-29-14-10-9-13-27(29)32(3,4)5/h6-18,23,28H,19-22H2,1-5H3,(H,34,37). The monoisotopic (exact) mass is 518 g/mol. The van der Waals surface area contributed by atoms with Gasteiger partial charge in [-0.15, -0.1) is 0 Å². The Kier molecular flexibility index (Phi) is 10.1. The summed E-state index contributed by atoms with van der Waals surface area (Å²) in [6.07, 6.45) is 0.344. The van der Waals surface area contributed by atoms with E-state index in [0.29, 0.717) is 18.7 Å². The van der Waals surface area contributed by atoms with Crippen LogP contribution in [0.1, 0.15) is 51.3 Å². The maximum Gasteiger partial charge on any atom is 0.261 e. The second kappa shape index (κ2) is 13.2. The van der Waals surface area contributed by atoms with E-state index in [-0.39, 0.29) is 42.1 Å². The van der Waals surface area contributed by atoms with E-state index in [2.05, 4.69) is 26.1 Å². The minimum atomic E-state index is -0.768. The molecule has 0 spiro atoms. The number of halogens is 1. The summed E-state index contributed by atoms with van der Waals surface area (Å²) in [4.78, 5) is 28.8. The summed E-state index contributed by atoms with van der Waals surface area (Å²) in [5.41, 5.74) is 2.49. The van der Waals surface area contributed by atoms with Crippen LogP contribution >= 0.6 is 0 Å². The van der Waals surface area contributed by atoms with Gasteiger partial charge in [-0.25, -0.2) is 4.39 Å². The zero-order valence-electron chi connectivity index (χ0n) is 23.0. The molecule has 0 bridgehead atoms. The summed E-state index contributed by atoms with van der Waals surface area (Å²) in [7, 11) is 0. The highest BCUT2D eigenvalue weighted by atomic mass is 19.1. The Morgan fingerprint density at radius 2 is 1.53 bits per heavy atom. The lowest BCUT2D eigenvalue weighted by atomic mass is 9.86. The second-order valence-corrected chi connectivity index (χ2v) is 11.0. The number of rotatable bonds is 11. The highest BCUT2D eigenvalue weighted by Gasteiger charge is 2.31. The summed E-state index contributed by atoms with van der Waals surface area (Å²) in [6.45, 7) is 10.7. The molecule has 0 aliphatic carbocycles. The molecule has 0 saturated carbocycles. The summed E-state index contributed by atoms with van der Waals surface area (Å²) in [6, 6.07) is 22.5. The Bertz CT molecular complexity index is 1190. The Hall–Kier alpha value is -3.67. The Balaban J connectivity index is 1.93. The minimum absolute atomic E-state index is 0.149. The Morgan fingerprint density at radius 1 is 0.895 bits per heavy atom. The molecular weight excluding hydrogens is 479 g/mol. The summed E-state index contributed by atoms with van der Waals surface area (Å²) in [5.74, 6) is -0.00945. The van der Waals surface area contributed by atoms with Crippen LogP contribution in [0.15, 0.2) is 78.9 Å². The van der Waals surface area contributed by atoms with Crippen molar-refractivity contribution in [3.63, 3.8) is 0 Å². The summed E-state index contributed by atoms with van der Waals surface area (Å²) in [5, 5.41) is 3.00. The van der Waals surface area contributed by atoms with Gasteiger partial charge in [0.2, 0.25) is 5.91 Å². The first-order valence-electron chi connectivity index (χ1n) is 13.1. The smallest absolute Gasteiger partial charge is 0.261 e. The number of carbonyl (C=O) groups is 2. The average Bonchev–Trinajstić information content (AvgIpc) is 2.89. The molecule has 0 heterocycles. The predicted molar refractivity (Wildman–Crippen MR) is 149 cm³/mol. The van der Waals surface area contributed by atoms with Gasteiger partial charge in [-0.3, -0.25) is 9.59 Å². The van der Waals surface area contributed by atoms with Crippen LogP contribution < -0.4 is 10.1 Å². The molecule has 1 atom stereocenters. The van der Waals surface area contributed by atoms with E-state index in [4.69, 9.17) is 4.74 Å². The largest absolute Gasteiger partial charge is 0.483 e. The number of amides is 2. The van der Waals surface area contributed by atoms with Gasteiger partial charge in [0.15, 0.2) is 6.61 Å². The zero-order chi connectivity index (χ0) is 27.7.